The number of aliphatic hydroxyl groups excluding tert-OH is 1. The van der Waals surface area contributed by atoms with Gasteiger partial charge in [-0.1, -0.05) is 12.1 Å². The third kappa shape index (κ3) is 4.57. The Hall–Kier alpha value is -2.04. The highest BCUT2D eigenvalue weighted by Gasteiger charge is 2.07. The van der Waals surface area contributed by atoms with Crippen molar-refractivity contribution in [3.63, 3.8) is 0 Å². The SMILES string of the molecule is N#CCc1ccc(OCC(O)CSc2cn[nH]n2)cc1. The van der Waals surface area contributed by atoms with Crippen molar-refractivity contribution in [3.8, 4) is 11.8 Å². The van der Waals surface area contributed by atoms with Crippen LogP contribution in [0.15, 0.2) is 35.5 Å². The van der Waals surface area contributed by atoms with E-state index in [0.717, 1.165) is 10.6 Å². The third-order valence-electron chi connectivity index (χ3n) is 2.47. The number of hydrogen-bond acceptors (Lipinski definition) is 6. The Bertz CT molecular complexity index is 551. The predicted octanol–water partition coefficient (Wildman–Crippen LogP) is 1.40. The lowest BCUT2D eigenvalue weighted by molar-refractivity contribution is 0.126. The van der Waals surface area contributed by atoms with Gasteiger partial charge in [-0.25, -0.2) is 0 Å². The molecule has 20 heavy (non-hydrogen) atoms. The largest absolute Gasteiger partial charge is 0.491 e. The fourth-order valence-corrected chi connectivity index (χ4v) is 2.17. The van der Waals surface area contributed by atoms with Crippen LogP contribution in [-0.4, -0.2) is 39.0 Å². The molecule has 1 heterocycles. The Kier molecular flexibility index (Phi) is 5.41. The number of aliphatic hydroxyl groups is 1. The molecule has 7 heteroatoms. The van der Waals surface area contributed by atoms with Crippen LogP contribution in [-0.2, 0) is 6.42 Å². The van der Waals surface area contributed by atoms with E-state index in [4.69, 9.17) is 10.00 Å². The minimum atomic E-state index is -0.588. The molecule has 0 amide bonds. The van der Waals surface area contributed by atoms with Crippen LogP contribution in [0.4, 0.5) is 0 Å². The molecule has 1 aromatic carbocycles. The number of hydrogen-bond donors (Lipinski definition) is 2. The monoisotopic (exact) mass is 290 g/mol. The first-order chi connectivity index (χ1) is 9.78. The number of ether oxygens (including phenoxy) is 1. The minimum Gasteiger partial charge on any atom is -0.491 e. The van der Waals surface area contributed by atoms with Crippen molar-refractivity contribution in [3.05, 3.63) is 36.0 Å². The molecule has 1 atom stereocenters. The Morgan fingerprint density at radius 2 is 2.20 bits per heavy atom. The minimum absolute atomic E-state index is 0.211. The summed E-state index contributed by atoms with van der Waals surface area (Å²) in [5.41, 5.74) is 0.946. The van der Waals surface area contributed by atoms with Crippen LogP contribution in [0.25, 0.3) is 0 Å². The number of H-pyrrole nitrogens is 1. The number of nitrogens with one attached hydrogen (secondary N) is 1. The van der Waals surface area contributed by atoms with E-state index in [1.165, 1.54) is 11.8 Å². The second-order valence-electron chi connectivity index (χ2n) is 4.06. The first-order valence-electron chi connectivity index (χ1n) is 6.03. The summed E-state index contributed by atoms with van der Waals surface area (Å²) in [4.78, 5) is 0. The fourth-order valence-electron chi connectivity index (χ4n) is 1.48. The summed E-state index contributed by atoms with van der Waals surface area (Å²) in [5, 5.41) is 29.2. The number of aromatic amines is 1. The van der Waals surface area contributed by atoms with E-state index >= 15 is 0 Å². The van der Waals surface area contributed by atoms with Gasteiger partial charge in [-0.2, -0.15) is 15.6 Å². The average molecular weight is 290 g/mol. The molecule has 2 N–H and O–H groups in total. The second kappa shape index (κ2) is 7.53. The number of benzene rings is 1. The molecule has 0 aliphatic heterocycles. The number of rotatable bonds is 7. The smallest absolute Gasteiger partial charge is 0.138 e. The molecule has 0 radical (unpaired) electrons. The highest BCUT2D eigenvalue weighted by molar-refractivity contribution is 7.99. The van der Waals surface area contributed by atoms with E-state index in [2.05, 4.69) is 21.5 Å². The standard InChI is InChI=1S/C13H14N4O2S/c14-6-5-10-1-3-12(4-2-10)19-8-11(18)9-20-13-7-15-17-16-13/h1-4,7,11,18H,5,8-9H2,(H,15,16,17). The lowest BCUT2D eigenvalue weighted by atomic mass is 10.2. The van der Waals surface area contributed by atoms with Gasteiger partial charge >= 0.3 is 0 Å². The van der Waals surface area contributed by atoms with Gasteiger partial charge in [-0.15, -0.1) is 16.9 Å². The van der Waals surface area contributed by atoms with Gasteiger partial charge in [0.25, 0.3) is 0 Å². The summed E-state index contributed by atoms with van der Waals surface area (Å²) in [6, 6.07) is 9.36. The molecule has 1 aromatic heterocycles. The van der Waals surface area contributed by atoms with Crippen molar-refractivity contribution < 1.29 is 9.84 Å². The number of nitrogens with zero attached hydrogens (tertiary/aromatic N) is 3. The van der Waals surface area contributed by atoms with Crippen LogP contribution < -0.4 is 4.74 Å². The van der Waals surface area contributed by atoms with Gasteiger partial charge in [-0.3, -0.25) is 0 Å². The van der Waals surface area contributed by atoms with Crippen LogP contribution in [0.3, 0.4) is 0 Å². The third-order valence-corrected chi connectivity index (χ3v) is 3.51. The molecule has 0 fully saturated rings. The molecule has 1 unspecified atom stereocenters. The van der Waals surface area contributed by atoms with E-state index in [9.17, 15) is 5.11 Å². The molecule has 2 aromatic rings. The van der Waals surface area contributed by atoms with Gasteiger partial charge in [-0.05, 0) is 17.7 Å². The summed E-state index contributed by atoms with van der Waals surface area (Å²) >= 11 is 1.41. The molecule has 2 rings (SSSR count). The molecular formula is C13H14N4O2S. The van der Waals surface area contributed by atoms with Crippen LogP contribution in [0.2, 0.25) is 0 Å². The molecule has 104 valence electrons. The number of thioether (sulfide) groups is 1. The topological polar surface area (TPSA) is 94.8 Å². The molecule has 0 saturated carbocycles. The van der Waals surface area contributed by atoms with Gasteiger partial charge < -0.3 is 9.84 Å². The van der Waals surface area contributed by atoms with Crippen molar-refractivity contribution in [2.75, 3.05) is 12.4 Å². The van der Waals surface area contributed by atoms with Crippen LogP contribution >= 0.6 is 11.8 Å². The predicted molar refractivity (Wildman–Crippen MR) is 74.4 cm³/mol. The maximum absolute atomic E-state index is 9.80. The van der Waals surface area contributed by atoms with Gasteiger partial charge in [0.1, 0.15) is 17.4 Å². The van der Waals surface area contributed by atoms with Crippen molar-refractivity contribution in [2.45, 2.75) is 17.6 Å². The van der Waals surface area contributed by atoms with Crippen LogP contribution in [0.5, 0.6) is 5.75 Å². The zero-order valence-electron chi connectivity index (χ0n) is 10.7. The summed E-state index contributed by atoms with van der Waals surface area (Å²) < 4.78 is 5.48. The molecule has 6 nitrogen and oxygen atoms in total. The lowest BCUT2D eigenvalue weighted by Crippen LogP contribution is -2.20. The summed E-state index contributed by atoms with van der Waals surface area (Å²) in [7, 11) is 0. The van der Waals surface area contributed by atoms with Crippen LogP contribution in [0.1, 0.15) is 5.56 Å². The Labute approximate surface area is 120 Å². The number of aromatic nitrogens is 3. The van der Waals surface area contributed by atoms with E-state index < -0.39 is 6.10 Å². The molecule has 0 aliphatic carbocycles. The first-order valence-corrected chi connectivity index (χ1v) is 7.02. The maximum Gasteiger partial charge on any atom is 0.138 e. The van der Waals surface area contributed by atoms with Gasteiger partial charge in [0.2, 0.25) is 0 Å². The fraction of sp³-hybridized carbons (Fsp3) is 0.308. The molecular weight excluding hydrogens is 276 g/mol. The summed E-state index contributed by atoms with van der Waals surface area (Å²) in [6.45, 7) is 0.211. The van der Waals surface area contributed by atoms with Gasteiger partial charge in [0, 0.05) is 5.75 Å². The van der Waals surface area contributed by atoms with E-state index in [1.54, 1.807) is 18.3 Å². The Morgan fingerprint density at radius 3 is 2.85 bits per heavy atom. The van der Waals surface area contributed by atoms with E-state index in [0.29, 0.717) is 17.9 Å². The lowest BCUT2D eigenvalue weighted by Gasteiger charge is -2.11. The van der Waals surface area contributed by atoms with Crippen molar-refractivity contribution in [1.82, 2.24) is 15.4 Å². The van der Waals surface area contributed by atoms with E-state index in [1.807, 2.05) is 12.1 Å². The quantitative estimate of drug-likeness (QED) is 0.748. The van der Waals surface area contributed by atoms with Crippen molar-refractivity contribution in [1.29, 1.82) is 5.26 Å². The zero-order chi connectivity index (χ0) is 14.2. The summed E-state index contributed by atoms with van der Waals surface area (Å²) in [5.74, 6) is 1.16. The Balaban J connectivity index is 1.72. The van der Waals surface area contributed by atoms with Gasteiger partial charge in [0.05, 0.1) is 24.8 Å². The van der Waals surface area contributed by atoms with Crippen molar-refractivity contribution in [2.24, 2.45) is 0 Å². The summed E-state index contributed by atoms with van der Waals surface area (Å²) in [6.07, 6.45) is 1.40. The molecule has 0 aliphatic rings. The van der Waals surface area contributed by atoms with Crippen molar-refractivity contribution >= 4 is 11.8 Å². The second-order valence-corrected chi connectivity index (χ2v) is 5.10. The molecule has 0 saturated heterocycles. The Morgan fingerprint density at radius 1 is 1.40 bits per heavy atom. The van der Waals surface area contributed by atoms with Gasteiger partial charge in [0.15, 0.2) is 0 Å². The van der Waals surface area contributed by atoms with E-state index in [-0.39, 0.29) is 6.61 Å². The zero-order valence-corrected chi connectivity index (χ0v) is 11.5. The molecule has 0 bridgehead atoms. The molecule has 0 spiro atoms. The normalized spacial score (nSPS) is 11.8. The number of nitriles is 1. The maximum atomic E-state index is 9.80. The van der Waals surface area contributed by atoms with Crippen LogP contribution in [0, 0.1) is 11.3 Å². The average Bonchev–Trinajstić information content (AvgIpc) is 2.98. The first kappa shape index (κ1) is 14.4. The highest BCUT2D eigenvalue weighted by atomic mass is 32.2. The highest BCUT2D eigenvalue weighted by Crippen LogP contribution is 2.16.